The quantitative estimate of drug-likeness (QED) is 0.550. The number of unbranched alkanes of at least 4 members (excludes halogenated alkanes) is 2. The average molecular weight is 463 g/mol. The zero-order valence-electron chi connectivity index (χ0n) is 18.7. The van der Waals surface area contributed by atoms with Gasteiger partial charge in [0.25, 0.3) is 0 Å². The molecule has 174 valence electrons. The van der Waals surface area contributed by atoms with Crippen LogP contribution in [0.5, 0.6) is 11.5 Å². The zero-order valence-corrected chi connectivity index (χ0v) is 19.5. The van der Waals surface area contributed by atoms with Crippen LogP contribution in [0.3, 0.4) is 0 Å². The molecule has 0 saturated carbocycles. The topological polar surface area (TPSA) is 120 Å². The molecule has 0 aliphatic carbocycles. The van der Waals surface area contributed by atoms with Crippen LogP contribution < -0.4 is 19.5 Å². The number of ether oxygens (including phenoxy) is 2. The summed E-state index contributed by atoms with van der Waals surface area (Å²) >= 11 is 0. The minimum absolute atomic E-state index is 0.117. The number of nitrogens with zero attached hydrogens (tertiary/aromatic N) is 2. The van der Waals surface area contributed by atoms with E-state index in [0.717, 1.165) is 6.42 Å². The number of aromatic nitrogens is 2. The average Bonchev–Trinajstić information content (AvgIpc) is 2.75. The van der Waals surface area contributed by atoms with Crippen LogP contribution in [-0.2, 0) is 20.2 Å². The van der Waals surface area contributed by atoms with Crippen LogP contribution in [0.2, 0.25) is 0 Å². The first kappa shape index (κ1) is 23.9. The molecule has 9 nitrogen and oxygen atoms in total. The lowest BCUT2D eigenvalue weighted by molar-refractivity contribution is -0.116. The van der Waals surface area contributed by atoms with Crippen LogP contribution in [0.4, 0.5) is 5.69 Å². The number of anilines is 1. The van der Waals surface area contributed by atoms with Crippen LogP contribution in [0, 0.1) is 0 Å². The van der Waals surface area contributed by atoms with Crippen molar-refractivity contribution in [1.29, 1.82) is 0 Å². The molecule has 0 bridgehead atoms. The smallest absolute Gasteiger partial charge is 0.240 e. The van der Waals surface area contributed by atoms with Gasteiger partial charge in [-0.2, -0.15) is 0 Å². The van der Waals surface area contributed by atoms with Gasteiger partial charge < -0.3 is 14.8 Å². The Labute approximate surface area is 189 Å². The number of carbonyl (C=O) groups is 1. The number of amides is 1. The number of rotatable bonds is 9. The molecule has 2 heterocycles. The van der Waals surface area contributed by atoms with Gasteiger partial charge in [-0.15, -0.1) is 0 Å². The van der Waals surface area contributed by atoms with E-state index in [1.807, 2.05) is 20.8 Å². The summed E-state index contributed by atoms with van der Waals surface area (Å²) in [5, 5.41) is 2.78. The molecule has 32 heavy (non-hydrogen) atoms. The Hall–Kier alpha value is -2.72. The van der Waals surface area contributed by atoms with Crippen molar-refractivity contribution in [2.45, 2.75) is 56.8 Å². The van der Waals surface area contributed by atoms with Crippen molar-refractivity contribution in [2.75, 3.05) is 25.1 Å². The summed E-state index contributed by atoms with van der Waals surface area (Å²) in [6, 6.07) is 4.57. The third-order valence-corrected chi connectivity index (χ3v) is 6.26. The Kier molecular flexibility index (Phi) is 7.68. The molecule has 1 aromatic carbocycles. The lowest BCUT2D eigenvalue weighted by Crippen LogP contribution is -2.25. The van der Waals surface area contributed by atoms with Gasteiger partial charge in [-0.1, -0.05) is 27.2 Å². The predicted molar refractivity (Wildman–Crippen MR) is 120 cm³/mol. The molecule has 0 fully saturated rings. The van der Waals surface area contributed by atoms with Crippen molar-refractivity contribution in [1.82, 2.24) is 14.7 Å². The van der Waals surface area contributed by atoms with Crippen LogP contribution in [0.15, 0.2) is 35.5 Å². The summed E-state index contributed by atoms with van der Waals surface area (Å²) < 4.78 is 38.4. The van der Waals surface area contributed by atoms with Gasteiger partial charge in [0.2, 0.25) is 15.9 Å². The highest BCUT2D eigenvalue weighted by molar-refractivity contribution is 7.89. The van der Waals surface area contributed by atoms with Gasteiger partial charge >= 0.3 is 0 Å². The molecule has 0 atom stereocenters. The van der Waals surface area contributed by atoms with E-state index in [9.17, 15) is 13.2 Å². The molecule has 0 unspecified atom stereocenters. The van der Waals surface area contributed by atoms with Crippen molar-refractivity contribution in [3.05, 3.63) is 36.4 Å². The van der Waals surface area contributed by atoms with E-state index < -0.39 is 10.0 Å². The second kappa shape index (κ2) is 10.3. The van der Waals surface area contributed by atoms with Crippen LogP contribution in [-0.4, -0.2) is 44.1 Å². The normalized spacial score (nSPS) is 13.6. The Bertz CT molecular complexity index is 1030. The molecule has 0 saturated heterocycles. The maximum Gasteiger partial charge on any atom is 0.240 e. The highest BCUT2D eigenvalue weighted by atomic mass is 32.2. The van der Waals surface area contributed by atoms with Gasteiger partial charge in [-0.3, -0.25) is 4.79 Å². The van der Waals surface area contributed by atoms with Crippen LogP contribution >= 0.6 is 0 Å². The fraction of sp³-hybridized carbons (Fsp3) is 0.500. The minimum Gasteiger partial charge on any atom is -0.486 e. The monoisotopic (exact) mass is 462 g/mol. The molecule has 10 heteroatoms. The fourth-order valence-electron chi connectivity index (χ4n) is 3.07. The standard InChI is InChI=1S/C22H30N4O5S/c1-22(2,3)21-23-14-16(15-24-21)26-20(27)7-5-4-6-10-25-32(28,29)17-8-9-18-19(13-17)31-12-11-30-18/h8-9,13-15,25H,4-7,10-12H2,1-3H3,(H,26,27). The number of benzene rings is 1. The molecule has 1 amide bonds. The van der Waals surface area contributed by atoms with E-state index >= 15 is 0 Å². The Morgan fingerprint density at radius 2 is 1.72 bits per heavy atom. The number of hydrogen-bond acceptors (Lipinski definition) is 7. The van der Waals surface area contributed by atoms with Gasteiger partial charge in [0.15, 0.2) is 11.5 Å². The van der Waals surface area contributed by atoms with Gasteiger partial charge in [0.05, 0.1) is 23.0 Å². The number of fused-ring (bicyclic) bond motifs is 1. The molecular formula is C22H30N4O5S. The molecule has 2 N–H and O–H groups in total. The van der Waals surface area contributed by atoms with Gasteiger partial charge in [0.1, 0.15) is 19.0 Å². The first-order valence-electron chi connectivity index (χ1n) is 10.7. The Morgan fingerprint density at radius 3 is 2.41 bits per heavy atom. The van der Waals surface area contributed by atoms with Crippen molar-refractivity contribution >= 4 is 21.6 Å². The van der Waals surface area contributed by atoms with E-state index in [2.05, 4.69) is 20.0 Å². The van der Waals surface area contributed by atoms with Crippen LogP contribution in [0.1, 0.15) is 52.3 Å². The molecule has 2 aromatic rings. The van der Waals surface area contributed by atoms with Gasteiger partial charge in [0, 0.05) is 24.4 Å². The molecule has 1 aliphatic rings. The summed E-state index contributed by atoms with van der Waals surface area (Å²) in [5.74, 6) is 1.58. The van der Waals surface area contributed by atoms with Crippen LogP contribution in [0.25, 0.3) is 0 Å². The molecule has 3 rings (SSSR count). The zero-order chi connectivity index (χ0) is 23.2. The second-order valence-corrected chi connectivity index (χ2v) is 10.4. The summed E-state index contributed by atoms with van der Waals surface area (Å²) in [6.07, 6.45) is 5.56. The van der Waals surface area contributed by atoms with Crippen molar-refractivity contribution in [3.8, 4) is 11.5 Å². The Balaban J connectivity index is 1.36. The first-order chi connectivity index (χ1) is 15.1. The van der Waals surface area contributed by atoms with E-state index in [-0.39, 0.29) is 16.2 Å². The summed E-state index contributed by atoms with van der Waals surface area (Å²) in [7, 11) is -3.63. The van der Waals surface area contributed by atoms with E-state index in [0.29, 0.717) is 62.0 Å². The van der Waals surface area contributed by atoms with Crippen molar-refractivity contribution in [2.24, 2.45) is 0 Å². The summed E-state index contributed by atoms with van der Waals surface area (Å²) in [6.45, 7) is 7.21. The third kappa shape index (κ3) is 6.64. The van der Waals surface area contributed by atoms with E-state index in [1.165, 1.54) is 12.1 Å². The number of carbonyl (C=O) groups excluding carboxylic acids is 1. The summed E-state index contributed by atoms with van der Waals surface area (Å²) in [4.78, 5) is 20.8. The third-order valence-electron chi connectivity index (χ3n) is 4.80. The maximum absolute atomic E-state index is 12.5. The lowest BCUT2D eigenvalue weighted by Gasteiger charge is -2.18. The summed E-state index contributed by atoms with van der Waals surface area (Å²) in [5.41, 5.74) is 0.418. The second-order valence-electron chi connectivity index (χ2n) is 8.61. The fourth-order valence-corrected chi connectivity index (χ4v) is 4.16. The maximum atomic E-state index is 12.5. The molecule has 1 aliphatic heterocycles. The predicted octanol–water partition coefficient (Wildman–Crippen LogP) is 3.02. The Morgan fingerprint density at radius 1 is 1.03 bits per heavy atom. The van der Waals surface area contributed by atoms with E-state index in [1.54, 1.807) is 18.5 Å². The molecular weight excluding hydrogens is 432 g/mol. The molecule has 0 radical (unpaired) electrons. The van der Waals surface area contributed by atoms with Crippen molar-refractivity contribution < 1.29 is 22.7 Å². The number of hydrogen-bond donors (Lipinski definition) is 2. The van der Waals surface area contributed by atoms with Gasteiger partial charge in [-0.25, -0.2) is 23.1 Å². The molecule has 1 aromatic heterocycles. The van der Waals surface area contributed by atoms with Crippen molar-refractivity contribution in [3.63, 3.8) is 0 Å². The number of sulfonamides is 1. The molecule has 0 spiro atoms. The first-order valence-corrected chi connectivity index (χ1v) is 12.2. The van der Waals surface area contributed by atoms with Gasteiger partial charge in [-0.05, 0) is 25.0 Å². The minimum atomic E-state index is -3.63. The number of nitrogens with one attached hydrogen (secondary N) is 2. The highest BCUT2D eigenvalue weighted by Crippen LogP contribution is 2.32. The van der Waals surface area contributed by atoms with E-state index in [4.69, 9.17) is 9.47 Å². The SMILES string of the molecule is CC(C)(C)c1ncc(NC(=O)CCCCCNS(=O)(=O)c2ccc3c(c2)OCCO3)cn1. The lowest BCUT2D eigenvalue weighted by atomic mass is 9.96. The largest absolute Gasteiger partial charge is 0.486 e. The highest BCUT2D eigenvalue weighted by Gasteiger charge is 2.19.